The highest BCUT2D eigenvalue weighted by Crippen LogP contribution is 2.44. The third-order valence-electron chi connectivity index (χ3n) is 2.49. The SMILES string of the molecule is CCC1=CC(C)(Br)CC(C)(C)C1. The van der Waals surface area contributed by atoms with E-state index in [0.717, 1.165) is 0 Å². The van der Waals surface area contributed by atoms with Gasteiger partial charge in [-0.25, -0.2) is 0 Å². The highest BCUT2D eigenvalue weighted by atomic mass is 79.9. The van der Waals surface area contributed by atoms with Crippen molar-refractivity contribution >= 4 is 15.9 Å². The zero-order chi connectivity index (χ0) is 9.41. The van der Waals surface area contributed by atoms with Crippen molar-refractivity contribution in [1.29, 1.82) is 0 Å². The van der Waals surface area contributed by atoms with E-state index in [1.54, 1.807) is 5.57 Å². The topological polar surface area (TPSA) is 0 Å². The van der Waals surface area contributed by atoms with Gasteiger partial charge in [-0.2, -0.15) is 0 Å². The largest absolute Gasteiger partial charge is 0.0811 e. The quantitative estimate of drug-likeness (QED) is 0.466. The molecule has 0 heterocycles. The van der Waals surface area contributed by atoms with Crippen LogP contribution in [0.5, 0.6) is 0 Å². The Morgan fingerprint density at radius 1 is 1.42 bits per heavy atom. The molecule has 1 rings (SSSR count). The van der Waals surface area contributed by atoms with Crippen LogP contribution in [0.15, 0.2) is 11.6 Å². The second-order valence-electron chi connectivity index (χ2n) is 4.95. The lowest BCUT2D eigenvalue weighted by Gasteiger charge is -2.38. The molecule has 0 fully saturated rings. The Morgan fingerprint density at radius 3 is 2.42 bits per heavy atom. The van der Waals surface area contributed by atoms with Gasteiger partial charge in [-0.05, 0) is 31.6 Å². The summed E-state index contributed by atoms with van der Waals surface area (Å²) in [5.41, 5.74) is 2.07. The molecule has 0 saturated heterocycles. The zero-order valence-electron chi connectivity index (χ0n) is 8.58. The fourth-order valence-electron chi connectivity index (χ4n) is 2.37. The molecule has 1 aliphatic carbocycles. The fourth-order valence-corrected chi connectivity index (χ4v) is 3.45. The lowest BCUT2D eigenvalue weighted by atomic mass is 9.73. The fraction of sp³-hybridized carbons (Fsp3) is 0.818. The molecule has 0 aromatic rings. The third-order valence-corrected chi connectivity index (χ3v) is 3.00. The van der Waals surface area contributed by atoms with Crippen molar-refractivity contribution in [3.8, 4) is 0 Å². The molecule has 0 saturated carbocycles. The molecule has 70 valence electrons. The lowest BCUT2D eigenvalue weighted by Crippen LogP contribution is -2.29. The molecule has 1 aliphatic rings. The van der Waals surface area contributed by atoms with Crippen molar-refractivity contribution in [1.82, 2.24) is 0 Å². The predicted octanol–water partition coefficient (Wildman–Crippen LogP) is 4.30. The van der Waals surface area contributed by atoms with E-state index in [9.17, 15) is 0 Å². The van der Waals surface area contributed by atoms with Gasteiger partial charge in [-0.15, -0.1) is 0 Å². The van der Waals surface area contributed by atoms with Crippen LogP contribution in [-0.2, 0) is 0 Å². The van der Waals surface area contributed by atoms with E-state index in [1.807, 2.05) is 0 Å². The monoisotopic (exact) mass is 230 g/mol. The Bertz CT molecular complexity index is 199. The molecule has 0 spiro atoms. The van der Waals surface area contributed by atoms with Gasteiger partial charge in [0.25, 0.3) is 0 Å². The predicted molar refractivity (Wildman–Crippen MR) is 58.7 cm³/mol. The second kappa shape index (κ2) is 3.17. The molecule has 1 unspecified atom stereocenters. The minimum Gasteiger partial charge on any atom is -0.0811 e. The highest BCUT2D eigenvalue weighted by Gasteiger charge is 2.33. The van der Waals surface area contributed by atoms with E-state index >= 15 is 0 Å². The van der Waals surface area contributed by atoms with E-state index in [0.29, 0.717) is 5.41 Å². The summed E-state index contributed by atoms with van der Waals surface area (Å²) in [4.78, 5) is 0. The molecule has 12 heavy (non-hydrogen) atoms. The first-order valence-electron chi connectivity index (χ1n) is 4.74. The van der Waals surface area contributed by atoms with Crippen molar-refractivity contribution in [2.75, 3.05) is 0 Å². The maximum Gasteiger partial charge on any atom is 0.0416 e. The number of hydrogen-bond donors (Lipinski definition) is 0. The first-order valence-corrected chi connectivity index (χ1v) is 5.53. The molecule has 1 atom stereocenters. The van der Waals surface area contributed by atoms with E-state index in [4.69, 9.17) is 0 Å². The first kappa shape index (κ1) is 10.3. The van der Waals surface area contributed by atoms with Gasteiger partial charge in [0, 0.05) is 4.32 Å². The van der Waals surface area contributed by atoms with Gasteiger partial charge in [-0.3, -0.25) is 0 Å². The van der Waals surface area contributed by atoms with Crippen LogP contribution in [0, 0.1) is 5.41 Å². The van der Waals surface area contributed by atoms with E-state index in [1.165, 1.54) is 19.3 Å². The molecule has 0 aromatic carbocycles. The van der Waals surface area contributed by atoms with Crippen molar-refractivity contribution in [3.63, 3.8) is 0 Å². The van der Waals surface area contributed by atoms with Crippen LogP contribution in [0.25, 0.3) is 0 Å². The Balaban J connectivity index is 2.86. The summed E-state index contributed by atoms with van der Waals surface area (Å²) in [6.45, 7) is 9.23. The van der Waals surface area contributed by atoms with Gasteiger partial charge in [0.05, 0.1) is 0 Å². The molecule has 0 radical (unpaired) electrons. The average Bonchev–Trinajstić information content (AvgIpc) is 1.80. The lowest BCUT2D eigenvalue weighted by molar-refractivity contribution is 0.294. The van der Waals surface area contributed by atoms with Gasteiger partial charge < -0.3 is 0 Å². The maximum atomic E-state index is 3.77. The Kier molecular flexibility index (Phi) is 2.72. The number of alkyl halides is 1. The summed E-state index contributed by atoms with van der Waals surface area (Å²) in [6.07, 6.45) is 6.11. The van der Waals surface area contributed by atoms with Gasteiger partial charge in [0.1, 0.15) is 0 Å². The van der Waals surface area contributed by atoms with Crippen molar-refractivity contribution in [2.24, 2.45) is 5.41 Å². The number of rotatable bonds is 1. The molecular weight excluding hydrogens is 212 g/mol. The molecule has 0 N–H and O–H groups in total. The van der Waals surface area contributed by atoms with Crippen LogP contribution in [-0.4, -0.2) is 4.32 Å². The standard InChI is InChI=1S/C11H19Br/c1-5-9-6-10(2,3)8-11(4,12)7-9/h7H,5-6,8H2,1-4H3. The molecule has 0 nitrogen and oxygen atoms in total. The Hall–Kier alpha value is 0.220. The molecule has 0 amide bonds. The first-order chi connectivity index (χ1) is 5.35. The van der Waals surface area contributed by atoms with Gasteiger partial charge in [-0.1, -0.05) is 48.4 Å². The van der Waals surface area contributed by atoms with E-state index < -0.39 is 0 Å². The summed E-state index contributed by atoms with van der Waals surface area (Å²) in [5.74, 6) is 0. The van der Waals surface area contributed by atoms with Crippen LogP contribution in [0.1, 0.15) is 47.0 Å². The van der Waals surface area contributed by atoms with Crippen LogP contribution < -0.4 is 0 Å². The molecule has 0 aliphatic heterocycles. The smallest absolute Gasteiger partial charge is 0.0416 e. The normalized spacial score (nSPS) is 34.6. The molecular formula is C11H19Br. The van der Waals surface area contributed by atoms with Crippen LogP contribution >= 0.6 is 15.9 Å². The van der Waals surface area contributed by atoms with Gasteiger partial charge in [0.15, 0.2) is 0 Å². The van der Waals surface area contributed by atoms with Crippen LogP contribution in [0.3, 0.4) is 0 Å². The number of allylic oxidation sites excluding steroid dienone is 2. The Labute approximate surface area is 84.6 Å². The van der Waals surface area contributed by atoms with E-state index in [2.05, 4.69) is 49.7 Å². The third kappa shape index (κ3) is 2.62. The minimum absolute atomic E-state index is 0.236. The molecule has 0 bridgehead atoms. The molecule has 1 heteroatoms. The van der Waals surface area contributed by atoms with Gasteiger partial charge >= 0.3 is 0 Å². The summed E-state index contributed by atoms with van der Waals surface area (Å²) in [5, 5.41) is 0. The summed E-state index contributed by atoms with van der Waals surface area (Å²) in [6, 6.07) is 0. The summed E-state index contributed by atoms with van der Waals surface area (Å²) >= 11 is 3.77. The minimum atomic E-state index is 0.236. The highest BCUT2D eigenvalue weighted by molar-refractivity contribution is 9.10. The maximum absolute atomic E-state index is 3.77. The van der Waals surface area contributed by atoms with Crippen molar-refractivity contribution in [3.05, 3.63) is 11.6 Å². The van der Waals surface area contributed by atoms with Crippen molar-refractivity contribution < 1.29 is 0 Å². The second-order valence-corrected chi connectivity index (χ2v) is 6.76. The van der Waals surface area contributed by atoms with Crippen LogP contribution in [0.4, 0.5) is 0 Å². The number of halogens is 1. The van der Waals surface area contributed by atoms with E-state index in [-0.39, 0.29) is 4.32 Å². The van der Waals surface area contributed by atoms with Gasteiger partial charge in [0.2, 0.25) is 0 Å². The summed E-state index contributed by atoms with van der Waals surface area (Å²) in [7, 11) is 0. The summed E-state index contributed by atoms with van der Waals surface area (Å²) < 4.78 is 0.236. The number of hydrogen-bond acceptors (Lipinski definition) is 0. The molecule has 0 aromatic heterocycles. The van der Waals surface area contributed by atoms with Crippen molar-refractivity contribution in [2.45, 2.75) is 51.3 Å². The Morgan fingerprint density at radius 2 is 2.00 bits per heavy atom. The zero-order valence-corrected chi connectivity index (χ0v) is 10.2. The van der Waals surface area contributed by atoms with Crippen LogP contribution in [0.2, 0.25) is 0 Å². The average molecular weight is 231 g/mol.